The van der Waals surface area contributed by atoms with Gasteiger partial charge in [0.25, 0.3) is 0 Å². The number of Topliss-reactive ketones (excluding diaryl/α,β-unsaturated/α-hetero) is 1. The van der Waals surface area contributed by atoms with E-state index in [9.17, 15) is 4.79 Å². The Bertz CT molecular complexity index is 625. The monoisotopic (exact) mass is 324 g/mol. The van der Waals surface area contributed by atoms with Crippen LogP contribution in [0.4, 0.5) is 0 Å². The Balaban J connectivity index is 2.09. The highest BCUT2D eigenvalue weighted by Crippen LogP contribution is 2.31. The highest BCUT2D eigenvalue weighted by atomic mass is 32.2. The molecule has 0 aliphatic heterocycles. The molecule has 1 atom stereocenters. The lowest BCUT2D eigenvalue weighted by atomic mass is 10.0. The summed E-state index contributed by atoms with van der Waals surface area (Å²) in [6.07, 6.45) is 1.97. The van der Waals surface area contributed by atoms with Gasteiger partial charge in [-0.25, -0.2) is 0 Å². The van der Waals surface area contributed by atoms with Crippen LogP contribution in [-0.4, -0.2) is 27.5 Å². The van der Waals surface area contributed by atoms with Gasteiger partial charge in [-0.2, -0.15) is 0 Å². The van der Waals surface area contributed by atoms with Crippen LogP contribution in [-0.2, 0) is 0 Å². The van der Waals surface area contributed by atoms with Crippen molar-refractivity contribution >= 4 is 40.6 Å². The highest BCUT2D eigenvalue weighted by molar-refractivity contribution is 8.03. The number of aromatic nitrogens is 2. The van der Waals surface area contributed by atoms with Gasteiger partial charge in [0, 0.05) is 5.56 Å². The van der Waals surface area contributed by atoms with Gasteiger partial charge in [-0.05, 0) is 44.2 Å². The van der Waals surface area contributed by atoms with Crippen molar-refractivity contribution in [1.82, 2.24) is 10.2 Å². The van der Waals surface area contributed by atoms with Crippen molar-refractivity contribution in [1.29, 1.82) is 0 Å². The minimum absolute atomic E-state index is 0.138. The van der Waals surface area contributed by atoms with E-state index in [1.54, 1.807) is 11.8 Å². The molecule has 1 aromatic carbocycles. The maximum absolute atomic E-state index is 12.4. The molecule has 0 N–H and O–H groups in total. The zero-order chi connectivity index (χ0) is 14.7. The van der Waals surface area contributed by atoms with Crippen molar-refractivity contribution in [2.75, 3.05) is 6.26 Å². The molecule has 3 nitrogen and oxygen atoms in total. The summed E-state index contributed by atoms with van der Waals surface area (Å²) >= 11 is 4.58. The molecule has 1 heterocycles. The Labute approximate surface area is 131 Å². The number of aryl methyl sites for hydroxylation is 2. The number of hydrogen-bond donors (Lipinski definition) is 0. The topological polar surface area (TPSA) is 42.9 Å². The van der Waals surface area contributed by atoms with Gasteiger partial charge in [0.1, 0.15) is 0 Å². The van der Waals surface area contributed by atoms with Crippen LogP contribution < -0.4 is 0 Å². The third-order valence-electron chi connectivity index (χ3n) is 3.00. The first-order valence-electron chi connectivity index (χ1n) is 6.17. The van der Waals surface area contributed by atoms with Crippen LogP contribution >= 0.6 is 34.9 Å². The van der Waals surface area contributed by atoms with Crippen LogP contribution in [0.5, 0.6) is 0 Å². The molecule has 0 amide bonds. The minimum Gasteiger partial charge on any atom is -0.293 e. The maximum Gasteiger partial charge on any atom is 0.175 e. The molecule has 0 spiro atoms. The lowest BCUT2D eigenvalue weighted by molar-refractivity contribution is 0.0994. The molecule has 0 saturated carbocycles. The molecule has 0 aliphatic rings. The van der Waals surface area contributed by atoms with Crippen LogP contribution in [0.15, 0.2) is 26.9 Å². The molecule has 106 valence electrons. The SMILES string of the molecule is CSc1nnc(SC(C)C(=O)c2ccc(C)c(C)c2)s1. The maximum atomic E-state index is 12.4. The van der Waals surface area contributed by atoms with Crippen LogP contribution in [0.1, 0.15) is 28.4 Å². The second-order valence-corrected chi connectivity index (χ2v) is 8.08. The Morgan fingerprint density at radius 2 is 1.90 bits per heavy atom. The number of carbonyl (C=O) groups excluding carboxylic acids is 1. The van der Waals surface area contributed by atoms with Gasteiger partial charge >= 0.3 is 0 Å². The van der Waals surface area contributed by atoms with E-state index in [0.717, 1.165) is 19.8 Å². The largest absolute Gasteiger partial charge is 0.293 e. The van der Waals surface area contributed by atoms with E-state index in [1.165, 1.54) is 28.7 Å². The molecule has 1 aromatic heterocycles. The fraction of sp³-hybridized carbons (Fsp3) is 0.357. The first kappa shape index (κ1) is 15.5. The highest BCUT2D eigenvalue weighted by Gasteiger charge is 2.19. The number of ketones is 1. The number of carbonyl (C=O) groups is 1. The Hall–Kier alpha value is -0.850. The third kappa shape index (κ3) is 3.62. The van der Waals surface area contributed by atoms with Gasteiger partial charge in [-0.3, -0.25) is 4.79 Å². The van der Waals surface area contributed by atoms with E-state index >= 15 is 0 Å². The summed E-state index contributed by atoms with van der Waals surface area (Å²) in [5.74, 6) is 0.138. The van der Waals surface area contributed by atoms with Crippen molar-refractivity contribution < 1.29 is 4.79 Å². The molecule has 1 unspecified atom stereocenters. The van der Waals surface area contributed by atoms with Crippen molar-refractivity contribution in [3.05, 3.63) is 34.9 Å². The molecule has 0 bridgehead atoms. The van der Waals surface area contributed by atoms with Gasteiger partial charge in [-0.1, -0.05) is 47.0 Å². The summed E-state index contributed by atoms with van der Waals surface area (Å²) in [4.78, 5) is 12.4. The standard InChI is InChI=1S/C14H16N2OS3/c1-8-5-6-11(7-9(8)2)12(17)10(3)19-14-16-15-13(18-4)20-14/h5-7,10H,1-4H3. The van der Waals surface area contributed by atoms with E-state index in [0.29, 0.717) is 0 Å². The molecule has 6 heteroatoms. The van der Waals surface area contributed by atoms with Gasteiger partial charge in [0.2, 0.25) is 0 Å². The minimum atomic E-state index is -0.153. The predicted octanol–water partition coefficient (Wildman–Crippen LogP) is 4.24. The van der Waals surface area contributed by atoms with E-state index in [2.05, 4.69) is 10.2 Å². The number of benzene rings is 1. The molecular formula is C14H16N2OS3. The van der Waals surface area contributed by atoms with Gasteiger partial charge in [-0.15, -0.1) is 10.2 Å². The summed E-state index contributed by atoms with van der Waals surface area (Å²) in [5.41, 5.74) is 3.12. The first-order chi connectivity index (χ1) is 9.51. The second-order valence-electron chi connectivity index (χ2n) is 4.46. The summed E-state index contributed by atoms with van der Waals surface area (Å²) in [7, 11) is 0. The van der Waals surface area contributed by atoms with E-state index in [4.69, 9.17) is 0 Å². The number of nitrogens with zero attached hydrogens (tertiary/aromatic N) is 2. The number of rotatable bonds is 5. The molecule has 0 saturated heterocycles. The Kier molecular flexibility index (Phi) is 5.23. The molecule has 2 aromatic rings. The van der Waals surface area contributed by atoms with Crippen molar-refractivity contribution in [2.24, 2.45) is 0 Å². The molecule has 0 aliphatic carbocycles. The summed E-state index contributed by atoms with van der Waals surface area (Å²) < 4.78 is 1.78. The summed E-state index contributed by atoms with van der Waals surface area (Å²) in [6, 6.07) is 5.86. The molecule has 2 rings (SSSR count). The Morgan fingerprint density at radius 3 is 2.50 bits per heavy atom. The van der Waals surface area contributed by atoms with Crippen LogP contribution in [0, 0.1) is 13.8 Å². The lowest BCUT2D eigenvalue weighted by Gasteiger charge is -2.09. The third-order valence-corrected chi connectivity index (χ3v) is 6.08. The van der Waals surface area contributed by atoms with Crippen LogP contribution in [0.2, 0.25) is 0 Å². The van der Waals surface area contributed by atoms with Gasteiger partial charge < -0.3 is 0 Å². The second kappa shape index (κ2) is 6.74. The zero-order valence-electron chi connectivity index (χ0n) is 11.8. The number of hydrogen-bond acceptors (Lipinski definition) is 6. The van der Waals surface area contributed by atoms with E-state index < -0.39 is 0 Å². The van der Waals surface area contributed by atoms with Crippen molar-refractivity contribution in [2.45, 2.75) is 34.7 Å². The van der Waals surface area contributed by atoms with Gasteiger partial charge in [0.05, 0.1) is 5.25 Å². The van der Waals surface area contributed by atoms with Crippen molar-refractivity contribution in [3.63, 3.8) is 0 Å². The van der Waals surface area contributed by atoms with E-state index in [1.807, 2.05) is 45.2 Å². The molecule has 0 radical (unpaired) electrons. The molecule has 0 fully saturated rings. The van der Waals surface area contributed by atoms with E-state index in [-0.39, 0.29) is 11.0 Å². The predicted molar refractivity (Wildman–Crippen MR) is 87.3 cm³/mol. The average molecular weight is 324 g/mol. The molecule has 20 heavy (non-hydrogen) atoms. The average Bonchev–Trinajstić information content (AvgIpc) is 2.88. The smallest absolute Gasteiger partial charge is 0.175 e. The fourth-order valence-corrected chi connectivity index (χ4v) is 4.32. The van der Waals surface area contributed by atoms with Gasteiger partial charge in [0.15, 0.2) is 14.5 Å². The number of thioether (sulfide) groups is 2. The normalized spacial score (nSPS) is 12.4. The molecular weight excluding hydrogens is 308 g/mol. The Morgan fingerprint density at radius 1 is 1.20 bits per heavy atom. The summed E-state index contributed by atoms with van der Waals surface area (Å²) in [6.45, 7) is 5.99. The fourth-order valence-electron chi connectivity index (χ4n) is 1.66. The summed E-state index contributed by atoms with van der Waals surface area (Å²) in [5, 5.41) is 7.99. The van der Waals surface area contributed by atoms with Crippen molar-refractivity contribution in [3.8, 4) is 0 Å². The van der Waals surface area contributed by atoms with Crippen LogP contribution in [0.3, 0.4) is 0 Å². The van der Waals surface area contributed by atoms with Crippen LogP contribution in [0.25, 0.3) is 0 Å². The quantitative estimate of drug-likeness (QED) is 0.608. The lowest BCUT2D eigenvalue weighted by Crippen LogP contribution is -2.13. The zero-order valence-corrected chi connectivity index (χ0v) is 14.3. The first-order valence-corrected chi connectivity index (χ1v) is 9.09.